The normalized spacial score (nSPS) is 25.0. The highest BCUT2D eigenvalue weighted by Gasteiger charge is 2.64. The van der Waals surface area contributed by atoms with E-state index in [0.717, 1.165) is 12.8 Å². The fraction of sp³-hybridized carbons (Fsp3) is 0.900. The second kappa shape index (κ2) is 3.55. The van der Waals surface area contributed by atoms with Gasteiger partial charge < -0.3 is 5.32 Å². The first-order chi connectivity index (χ1) is 7.33. The van der Waals surface area contributed by atoms with Gasteiger partial charge in [0.15, 0.2) is 0 Å². The molecule has 0 aromatic rings. The molecule has 2 saturated carbocycles. The van der Waals surface area contributed by atoms with Gasteiger partial charge in [0.05, 0.1) is 0 Å². The van der Waals surface area contributed by atoms with Crippen molar-refractivity contribution in [3.05, 3.63) is 0 Å². The Kier molecular flexibility index (Phi) is 2.68. The summed E-state index contributed by atoms with van der Waals surface area (Å²) in [7, 11) is 0. The number of halogens is 3. The zero-order valence-electron chi connectivity index (χ0n) is 8.73. The molecule has 0 aliphatic heterocycles. The van der Waals surface area contributed by atoms with Crippen molar-refractivity contribution in [2.75, 3.05) is 5.75 Å². The summed E-state index contributed by atoms with van der Waals surface area (Å²) in [4.78, 5) is 11.5. The molecule has 0 heterocycles. The molecule has 2 rings (SSSR count). The number of thiol groups is 1. The summed E-state index contributed by atoms with van der Waals surface area (Å²) in [6, 6.07) is 0. The van der Waals surface area contributed by atoms with Crippen molar-refractivity contribution in [1.82, 2.24) is 5.32 Å². The Hall–Kier alpha value is -0.390. The van der Waals surface area contributed by atoms with Crippen molar-refractivity contribution in [1.29, 1.82) is 0 Å². The predicted octanol–water partition coefficient (Wildman–Crippen LogP) is 2.30. The lowest BCUT2D eigenvalue weighted by molar-refractivity contribution is -0.170. The minimum atomic E-state index is -4.32. The van der Waals surface area contributed by atoms with E-state index in [1.807, 2.05) is 0 Å². The number of amides is 1. The molecular formula is C10H14F3NOS. The minimum Gasteiger partial charge on any atom is -0.342 e. The average molecular weight is 253 g/mol. The third-order valence-electron chi connectivity index (χ3n) is 3.50. The van der Waals surface area contributed by atoms with Gasteiger partial charge in [-0.25, -0.2) is 0 Å². The summed E-state index contributed by atoms with van der Waals surface area (Å²) >= 11 is 4.12. The third kappa shape index (κ3) is 2.17. The van der Waals surface area contributed by atoms with E-state index in [1.54, 1.807) is 0 Å². The SMILES string of the molecule is O=C(CC1(CS)CC1)NC1(C(F)(F)F)CC1. The molecule has 0 aromatic carbocycles. The molecule has 1 amide bonds. The molecule has 2 nitrogen and oxygen atoms in total. The number of carbonyl (C=O) groups is 1. The van der Waals surface area contributed by atoms with E-state index >= 15 is 0 Å². The second-order valence-electron chi connectivity index (χ2n) is 4.96. The average Bonchev–Trinajstić information content (AvgIpc) is 3.00. The molecule has 1 N–H and O–H groups in total. The van der Waals surface area contributed by atoms with Crippen LogP contribution in [-0.4, -0.2) is 23.4 Å². The van der Waals surface area contributed by atoms with Gasteiger partial charge in [-0.3, -0.25) is 4.79 Å². The van der Waals surface area contributed by atoms with Crippen LogP contribution in [-0.2, 0) is 4.79 Å². The van der Waals surface area contributed by atoms with Gasteiger partial charge in [0.2, 0.25) is 5.91 Å². The van der Waals surface area contributed by atoms with Crippen LogP contribution in [0.1, 0.15) is 32.1 Å². The van der Waals surface area contributed by atoms with E-state index in [-0.39, 0.29) is 24.7 Å². The highest BCUT2D eigenvalue weighted by atomic mass is 32.1. The Bertz CT molecular complexity index is 308. The molecule has 2 aliphatic rings. The Labute approximate surface area is 97.4 Å². The molecule has 0 spiro atoms. The number of carbonyl (C=O) groups excluding carboxylic acids is 1. The Balaban J connectivity index is 1.89. The van der Waals surface area contributed by atoms with Gasteiger partial charge in [-0.2, -0.15) is 25.8 Å². The fourth-order valence-corrected chi connectivity index (χ4v) is 2.25. The van der Waals surface area contributed by atoms with Gasteiger partial charge in [0, 0.05) is 6.42 Å². The Morgan fingerprint density at radius 1 is 1.25 bits per heavy atom. The van der Waals surface area contributed by atoms with Crippen LogP contribution in [0.3, 0.4) is 0 Å². The zero-order chi connectivity index (χ0) is 12.0. The smallest absolute Gasteiger partial charge is 0.342 e. The molecular weight excluding hydrogens is 239 g/mol. The van der Waals surface area contributed by atoms with Gasteiger partial charge in [0.25, 0.3) is 0 Å². The number of alkyl halides is 3. The topological polar surface area (TPSA) is 29.1 Å². The van der Waals surface area contributed by atoms with Gasteiger partial charge in [-0.15, -0.1) is 0 Å². The summed E-state index contributed by atoms with van der Waals surface area (Å²) in [5.74, 6) is 0.0840. The van der Waals surface area contributed by atoms with E-state index < -0.39 is 17.6 Å². The molecule has 0 unspecified atom stereocenters. The van der Waals surface area contributed by atoms with Crippen LogP contribution < -0.4 is 5.32 Å². The number of nitrogens with one attached hydrogen (secondary N) is 1. The maximum Gasteiger partial charge on any atom is 0.411 e. The van der Waals surface area contributed by atoms with Gasteiger partial charge in [0.1, 0.15) is 5.54 Å². The monoisotopic (exact) mass is 253 g/mol. The first-order valence-electron chi connectivity index (χ1n) is 5.31. The largest absolute Gasteiger partial charge is 0.411 e. The molecule has 0 atom stereocenters. The van der Waals surface area contributed by atoms with Crippen LogP contribution in [0.25, 0.3) is 0 Å². The van der Waals surface area contributed by atoms with Crippen molar-refractivity contribution in [3.8, 4) is 0 Å². The molecule has 92 valence electrons. The fourth-order valence-electron chi connectivity index (χ4n) is 1.82. The first-order valence-corrected chi connectivity index (χ1v) is 5.94. The first kappa shape index (κ1) is 12.1. The number of rotatable bonds is 4. The maximum atomic E-state index is 12.6. The van der Waals surface area contributed by atoms with Crippen LogP contribution >= 0.6 is 12.6 Å². The highest BCUT2D eigenvalue weighted by molar-refractivity contribution is 7.80. The van der Waals surface area contributed by atoms with Crippen LogP contribution in [0.2, 0.25) is 0 Å². The summed E-state index contributed by atoms with van der Waals surface area (Å²) in [6.07, 6.45) is -2.34. The van der Waals surface area contributed by atoms with Crippen LogP contribution in [0.15, 0.2) is 0 Å². The predicted molar refractivity (Wildman–Crippen MR) is 56.3 cm³/mol. The van der Waals surface area contributed by atoms with E-state index in [4.69, 9.17) is 0 Å². The van der Waals surface area contributed by atoms with Crippen molar-refractivity contribution >= 4 is 18.5 Å². The molecule has 2 fully saturated rings. The summed E-state index contributed by atoms with van der Waals surface area (Å²) < 4.78 is 37.7. The molecule has 6 heteroatoms. The molecule has 0 aromatic heterocycles. The lowest BCUT2D eigenvalue weighted by atomic mass is 10.0. The van der Waals surface area contributed by atoms with Crippen molar-refractivity contribution in [3.63, 3.8) is 0 Å². The summed E-state index contributed by atoms with van der Waals surface area (Å²) in [5, 5.41) is 2.14. The van der Waals surface area contributed by atoms with E-state index in [9.17, 15) is 18.0 Å². The Morgan fingerprint density at radius 3 is 2.12 bits per heavy atom. The van der Waals surface area contributed by atoms with Crippen molar-refractivity contribution < 1.29 is 18.0 Å². The quantitative estimate of drug-likeness (QED) is 0.740. The third-order valence-corrected chi connectivity index (χ3v) is 4.17. The standard InChI is InChI=1S/C10H14F3NOS/c11-10(12,13)9(3-4-9)14-7(15)5-8(6-16)1-2-8/h16H,1-6H2,(H,14,15). The van der Waals surface area contributed by atoms with Gasteiger partial charge in [-0.1, -0.05) is 0 Å². The van der Waals surface area contributed by atoms with Gasteiger partial charge in [-0.05, 0) is 36.9 Å². The molecule has 0 bridgehead atoms. The van der Waals surface area contributed by atoms with Crippen molar-refractivity contribution in [2.45, 2.75) is 43.8 Å². The van der Waals surface area contributed by atoms with E-state index in [2.05, 4.69) is 17.9 Å². The van der Waals surface area contributed by atoms with Crippen LogP contribution in [0, 0.1) is 5.41 Å². The molecule has 0 radical (unpaired) electrons. The maximum absolute atomic E-state index is 12.6. The van der Waals surface area contributed by atoms with E-state index in [0.29, 0.717) is 5.75 Å². The Morgan fingerprint density at radius 2 is 1.81 bits per heavy atom. The summed E-state index contributed by atoms with van der Waals surface area (Å²) in [6.45, 7) is 0. The summed E-state index contributed by atoms with van der Waals surface area (Å²) in [5.41, 5.74) is -2.05. The highest BCUT2D eigenvalue weighted by Crippen LogP contribution is 2.51. The van der Waals surface area contributed by atoms with Crippen molar-refractivity contribution in [2.24, 2.45) is 5.41 Å². The number of hydrogen-bond acceptors (Lipinski definition) is 2. The lowest BCUT2D eigenvalue weighted by Crippen LogP contribution is -2.48. The van der Waals surface area contributed by atoms with Crippen LogP contribution in [0.4, 0.5) is 13.2 Å². The zero-order valence-corrected chi connectivity index (χ0v) is 9.63. The molecule has 16 heavy (non-hydrogen) atoms. The molecule has 2 aliphatic carbocycles. The molecule has 0 saturated heterocycles. The van der Waals surface area contributed by atoms with E-state index in [1.165, 1.54) is 0 Å². The number of hydrogen-bond donors (Lipinski definition) is 2. The second-order valence-corrected chi connectivity index (χ2v) is 5.28. The van der Waals surface area contributed by atoms with Gasteiger partial charge >= 0.3 is 6.18 Å². The lowest BCUT2D eigenvalue weighted by Gasteiger charge is -2.22. The minimum absolute atomic E-state index is 0.0100. The van der Waals surface area contributed by atoms with Crippen LogP contribution in [0.5, 0.6) is 0 Å².